The van der Waals surface area contributed by atoms with Gasteiger partial charge < -0.3 is 15.4 Å². The second kappa shape index (κ2) is 10.9. The summed E-state index contributed by atoms with van der Waals surface area (Å²) < 4.78 is 42.1. The van der Waals surface area contributed by atoms with Gasteiger partial charge in [-0.1, -0.05) is 0 Å². The topological polar surface area (TPSA) is 75.6 Å². The molecule has 2 N–H and O–H groups in total. The van der Waals surface area contributed by atoms with Crippen molar-refractivity contribution in [3.8, 4) is 0 Å². The van der Waals surface area contributed by atoms with Gasteiger partial charge in [0.05, 0.1) is 12.1 Å². The molecule has 0 aliphatic rings. The van der Waals surface area contributed by atoms with Crippen molar-refractivity contribution in [3.05, 3.63) is 16.1 Å². The van der Waals surface area contributed by atoms with E-state index in [-0.39, 0.29) is 5.97 Å². The summed E-state index contributed by atoms with van der Waals surface area (Å²) in [6, 6.07) is 0. The number of nitrogens with one attached hydrogen (secondary N) is 2. The van der Waals surface area contributed by atoms with Crippen LogP contribution in [0, 0.1) is 0 Å². The Morgan fingerprint density at radius 1 is 1.36 bits per heavy atom. The summed E-state index contributed by atoms with van der Waals surface area (Å²) in [7, 11) is 1.35. The Morgan fingerprint density at radius 3 is 2.72 bits per heavy atom. The van der Waals surface area contributed by atoms with E-state index in [9.17, 15) is 18.0 Å². The lowest BCUT2D eigenvalue weighted by atomic mass is 10.2. The van der Waals surface area contributed by atoms with Crippen molar-refractivity contribution < 1.29 is 22.7 Å². The number of guanidine groups is 1. The van der Waals surface area contributed by atoms with Crippen molar-refractivity contribution in [1.29, 1.82) is 0 Å². The number of halogens is 3. The van der Waals surface area contributed by atoms with Gasteiger partial charge in [-0.3, -0.25) is 9.79 Å². The molecule has 1 rings (SSSR count). The minimum atomic E-state index is -4.40. The molecule has 10 heteroatoms. The van der Waals surface area contributed by atoms with Crippen LogP contribution in [0.1, 0.15) is 36.9 Å². The molecule has 0 radical (unpaired) electrons. The zero-order chi connectivity index (χ0) is 18.7. The van der Waals surface area contributed by atoms with E-state index >= 15 is 0 Å². The number of aromatic nitrogens is 1. The lowest BCUT2D eigenvalue weighted by molar-refractivity contribution is -0.141. The van der Waals surface area contributed by atoms with Gasteiger partial charge in [-0.2, -0.15) is 13.2 Å². The molecule has 0 saturated carbocycles. The predicted octanol–water partition coefficient (Wildman–Crippen LogP) is 2.60. The quantitative estimate of drug-likeness (QED) is 0.298. The van der Waals surface area contributed by atoms with Crippen molar-refractivity contribution >= 4 is 23.3 Å². The molecule has 25 heavy (non-hydrogen) atoms. The fourth-order valence-corrected chi connectivity index (χ4v) is 2.66. The summed E-state index contributed by atoms with van der Waals surface area (Å²) in [5, 5.41) is 7.57. The summed E-state index contributed by atoms with van der Waals surface area (Å²) in [5.74, 6) is 0.351. The highest BCUT2D eigenvalue weighted by Crippen LogP contribution is 2.29. The van der Waals surface area contributed by atoms with Gasteiger partial charge in [0.15, 0.2) is 11.7 Å². The molecule has 142 valence electrons. The summed E-state index contributed by atoms with van der Waals surface area (Å²) in [5.41, 5.74) is -0.848. The highest BCUT2D eigenvalue weighted by molar-refractivity contribution is 7.09. The van der Waals surface area contributed by atoms with E-state index in [4.69, 9.17) is 0 Å². The van der Waals surface area contributed by atoms with Crippen LogP contribution in [0.5, 0.6) is 0 Å². The largest absolute Gasteiger partial charge is 0.469 e. The molecular weight excluding hydrogens is 357 g/mol. The summed E-state index contributed by atoms with van der Waals surface area (Å²) in [6.07, 6.45) is -2.22. The molecule has 6 nitrogen and oxygen atoms in total. The molecule has 0 aliphatic carbocycles. The summed E-state index contributed by atoms with van der Waals surface area (Å²) in [6.45, 7) is 3.56. The number of carbonyl (C=O) groups is 1. The first-order valence-corrected chi connectivity index (χ1v) is 8.85. The normalized spacial score (nSPS) is 12.1. The van der Waals surface area contributed by atoms with Crippen LogP contribution in [0.4, 0.5) is 13.2 Å². The Labute approximate surface area is 148 Å². The number of unbranched alkanes of at least 4 members (excludes halogenated alkanes) is 1. The van der Waals surface area contributed by atoms with Gasteiger partial charge in [0, 0.05) is 37.9 Å². The number of ether oxygens (including phenoxy) is 1. The fourth-order valence-electron chi connectivity index (χ4n) is 1.86. The van der Waals surface area contributed by atoms with Crippen molar-refractivity contribution in [2.24, 2.45) is 4.99 Å². The Kier molecular flexibility index (Phi) is 9.25. The molecule has 1 aromatic rings. The zero-order valence-electron chi connectivity index (χ0n) is 14.3. The standard InChI is InChI=1S/C15H23F3N4O2S/c1-3-19-14(20-8-5-4-6-13(23)24-2)21-9-7-12-22-11(10-25-12)15(16,17)18/h10H,3-9H2,1-2H3,(H2,19,20,21). The number of hydrogen-bond donors (Lipinski definition) is 2. The molecule has 0 bridgehead atoms. The van der Waals surface area contributed by atoms with Crippen LogP contribution < -0.4 is 10.6 Å². The average Bonchev–Trinajstić information content (AvgIpc) is 3.03. The van der Waals surface area contributed by atoms with E-state index in [0.717, 1.165) is 23.1 Å². The lowest BCUT2D eigenvalue weighted by Gasteiger charge is -2.10. The fraction of sp³-hybridized carbons (Fsp3) is 0.667. The van der Waals surface area contributed by atoms with Crippen molar-refractivity contribution in [2.75, 3.05) is 26.7 Å². The van der Waals surface area contributed by atoms with Gasteiger partial charge in [0.1, 0.15) is 0 Å². The molecule has 0 amide bonds. The Balaban J connectivity index is 2.35. The third kappa shape index (κ3) is 8.71. The second-order valence-corrected chi connectivity index (χ2v) is 6.04. The number of hydrogen-bond acceptors (Lipinski definition) is 5. The Morgan fingerprint density at radius 2 is 2.12 bits per heavy atom. The molecular formula is C15H23F3N4O2S. The summed E-state index contributed by atoms with van der Waals surface area (Å²) in [4.78, 5) is 18.9. The molecule has 0 aromatic carbocycles. The van der Waals surface area contributed by atoms with Gasteiger partial charge in [-0.15, -0.1) is 11.3 Å². The first kappa shape index (κ1) is 21.2. The minimum absolute atomic E-state index is 0.240. The molecule has 1 heterocycles. The van der Waals surface area contributed by atoms with E-state index in [1.807, 2.05) is 6.92 Å². The van der Waals surface area contributed by atoms with E-state index in [0.29, 0.717) is 49.9 Å². The molecule has 1 aromatic heterocycles. The van der Waals surface area contributed by atoms with Gasteiger partial charge >= 0.3 is 12.1 Å². The number of rotatable bonds is 9. The van der Waals surface area contributed by atoms with Gasteiger partial charge in [0.25, 0.3) is 0 Å². The minimum Gasteiger partial charge on any atom is -0.469 e. The van der Waals surface area contributed by atoms with Crippen LogP contribution in [0.25, 0.3) is 0 Å². The van der Waals surface area contributed by atoms with Crippen LogP contribution in [-0.2, 0) is 22.1 Å². The maximum atomic E-state index is 12.5. The number of thiazole rings is 1. The molecule has 0 fully saturated rings. The molecule has 0 atom stereocenters. The van der Waals surface area contributed by atoms with Crippen LogP contribution in [0.2, 0.25) is 0 Å². The maximum absolute atomic E-state index is 12.5. The Hall–Kier alpha value is -1.84. The number of alkyl halides is 3. The smallest absolute Gasteiger partial charge is 0.434 e. The average molecular weight is 380 g/mol. The molecule has 0 spiro atoms. The highest BCUT2D eigenvalue weighted by atomic mass is 32.1. The van der Waals surface area contributed by atoms with Crippen LogP contribution in [-0.4, -0.2) is 43.7 Å². The van der Waals surface area contributed by atoms with Crippen molar-refractivity contribution in [1.82, 2.24) is 15.6 Å². The van der Waals surface area contributed by atoms with Crippen molar-refractivity contribution in [3.63, 3.8) is 0 Å². The van der Waals surface area contributed by atoms with Gasteiger partial charge in [-0.05, 0) is 19.8 Å². The monoisotopic (exact) mass is 380 g/mol. The SMILES string of the molecule is CCNC(=NCCCCC(=O)OC)NCCc1nc(C(F)(F)F)cs1. The number of nitrogens with zero attached hydrogens (tertiary/aromatic N) is 2. The third-order valence-corrected chi connectivity index (χ3v) is 4.01. The lowest BCUT2D eigenvalue weighted by Crippen LogP contribution is -2.38. The number of aliphatic imine (C=N–C) groups is 1. The molecule has 0 aliphatic heterocycles. The maximum Gasteiger partial charge on any atom is 0.434 e. The van der Waals surface area contributed by atoms with E-state index in [1.165, 1.54) is 7.11 Å². The first-order chi connectivity index (χ1) is 11.9. The molecule has 0 saturated heterocycles. The van der Waals surface area contributed by atoms with E-state index in [2.05, 4.69) is 25.3 Å². The predicted molar refractivity (Wildman–Crippen MR) is 90.7 cm³/mol. The first-order valence-electron chi connectivity index (χ1n) is 7.97. The zero-order valence-corrected chi connectivity index (χ0v) is 15.1. The van der Waals surface area contributed by atoms with Crippen LogP contribution in [0.15, 0.2) is 10.4 Å². The van der Waals surface area contributed by atoms with E-state index < -0.39 is 11.9 Å². The van der Waals surface area contributed by atoms with Gasteiger partial charge in [-0.25, -0.2) is 4.98 Å². The molecule has 0 unspecified atom stereocenters. The summed E-state index contributed by atoms with van der Waals surface area (Å²) >= 11 is 0.996. The Bertz CT molecular complexity index is 561. The van der Waals surface area contributed by atoms with Crippen LogP contribution in [0.3, 0.4) is 0 Å². The van der Waals surface area contributed by atoms with Crippen LogP contribution >= 0.6 is 11.3 Å². The number of methoxy groups -OCH3 is 1. The highest BCUT2D eigenvalue weighted by Gasteiger charge is 2.33. The van der Waals surface area contributed by atoms with E-state index in [1.54, 1.807) is 0 Å². The number of esters is 1. The third-order valence-electron chi connectivity index (χ3n) is 3.10. The number of carbonyl (C=O) groups excluding carboxylic acids is 1. The van der Waals surface area contributed by atoms with Gasteiger partial charge in [0.2, 0.25) is 0 Å². The second-order valence-electron chi connectivity index (χ2n) is 5.09. The van der Waals surface area contributed by atoms with Crippen molar-refractivity contribution in [2.45, 2.75) is 38.8 Å².